The van der Waals surface area contributed by atoms with E-state index in [4.69, 9.17) is 21.4 Å². The topological polar surface area (TPSA) is 76.5 Å². The number of fused-ring (bicyclic) bond motifs is 2. The molecule has 0 radical (unpaired) electrons. The number of benzene rings is 3. The molecule has 2 aliphatic heterocycles. The number of amides is 2. The van der Waals surface area contributed by atoms with Crippen molar-refractivity contribution in [3.63, 3.8) is 0 Å². The summed E-state index contributed by atoms with van der Waals surface area (Å²) < 4.78 is 7.84. The van der Waals surface area contributed by atoms with Gasteiger partial charge in [-0.15, -0.1) is 0 Å². The van der Waals surface area contributed by atoms with Gasteiger partial charge in [0.05, 0.1) is 24.1 Å². The summed E-state index contributed by atoms with van der Waals surface area (Å²) in [4.78, 5) is 29.6. The van der Waals surface area contributed by atoms with Crippen LogP contribution in [0.4, 0.5) is 0 Å². The van der Waals surface area contributed by atoms with Crippen molar-refractivity contribution >= 4 is 34.3 Å². The second kappa shape index (κ2) is 12.6. The number of ether oxygens (including phenoxy) is 1. The zero-order chi connectivity index (χ0) is 28.9. The van der Waals surface area contributed by atoms with E-state index in [2.05, 4.69) is 17.4 Å². The van der Waals surface area contributed by atoms with E-state index in [0.29, 0.717) is 56.3 Å². The van der Waals surface area contributed by atoms with Crippen molar-refractivity contribution in [3.05, 3.63) is 94.6 Å². The number of nitrogens with one attached hydrogen (secondary N) is 1. The molecule has 0 saturated carbocycles. The van der Waals surface area contributed by atoms with Crippen LogP contribution in [0.25, 0.3) is 10.9 Å². The molecule has 2 amide bonds. The lowest BCUT2D eigenvalue weighted by Gasteiger charge is -2.41. The maximum atomic E-state index is 14.1. The van der Waals surface area contributed by atoms with Gasteiger partial charge in [0.1, 0.15) is 11.4 Å². The fraction of sp³-hybridized carbons (Fsp3) is 0.382. The lowest BCUT2D eigenvalue weighted by Crippen LogP contribution is -2.50. The van der Waals surface area contributed by atoms with Crippen LogP contribution in [0.3, 0.4) is 0 Å². The van der Waals surface area contributed by atoms with Gasteiger partial charge in [0.2, 0.25) is 5.91 Å². The van der Waals surface area contributed by atoms with Gasteiger partial charge in [-0.05, 0) is 73.9 Å². The fourth-order valence-corrected chi connectivity index (χ4v) is 6.46. The van der Waals surface area contributed by atoms with Gasteiger partial charge >= 0.3 is 0 Å². The first kappa shape index (κ1) is 28.3. The molecule has 3 aromatic carbocycles. The number of carbonyl (C=O) groups is 2. The van der Waals surface area contributed by atoms with Gasteiger partial charge in [0.15, 0.2) is 0 Å². The number of para-hydroxylation sites is 1. The summed E-state index contributed by atoms with van der Waals surface area (Å²) in [5, 5.41) is 9.50. The Bertz CT molecular complexity index is 1560. The number of rotatable bonds is 3. The average Bonchev–Trinajstić information content (AvgIpc) is 3.38. The highest BCUT2D eigenvalue weighted by molar-refractivity contribution is 6.30. The van der Waals surface area contributed by atoms with Crippen molar-refractivity contribution < 1.29 is 14.3 Å². The number of aryl methyl sites for hydroxylation is 1. The van der Waals surface area contributed by atoms with E-state index in [-0.39, 0.29) is 11.8 Å². The zero-order valence-corrected chi connectivity index (χ0v) is 24.6. The standard InChI is InChI=1S/C34H37ClN4O3/c35-27-15-13-25(14-16-27)24-39-31(28-10-2-3-11-29(28)37-39)32(40)38-21-18-34(19-22-38)17-6-5-9-26-8-1-4-12-30(26)42-23-7-20-36-33(34)41/h1-4,8,10-16H,5-7,9,17-24H2,(H,36,41). The van der Waals surface area contributed by atoms with Crippen molar-refractivity contribution in [2.24, 2.45) is 5.41 Å². The third-order valence-electron chi connectivity index (χ3n) is 8.77. The fourth-order valence-electron chi connectivity index (χ4n) is 6.33. The van der Waals surface area contributed by atoms with Crippen molar-refractivity contribution in [1.82, 2.24) is 20.0 Å². The van der Waals surface area contributed by atoms with E-state index in [1.54, 1.807) is 0 Å². The third kappa shape index (κ3) is 6.02. The Morgan fingerprint density at radius 2 is 1.69 bits per heavy atom. The first-order valence-corrected chi connectivity index (χ1v) is 15.4. The molecule has 3 heterocycles. The lowest BCUT2D eigenvalue weighted by molar-refractivity contribution is -0.134. The van der Waals surface area contributed by atoms with Crippen LogP contribution in [0.1, 0.15) is 60.1 Å². The minimum atomic E-state index is -0.461. The van der Waals surface area contributed by atoms with Gasteiger partial charge in [-0.2, -0.15) is 5.10 Å². The first-order chi connectivity index (χ1) is 20.5. The number of hydrogen-bond acceptors (Lipinski definition) is 4. The zero-order valence-electron chi connectivity index (χ0n) is 23.9. The van der Waals surface area contributed by atoms with E-state index < -0.39 is 5.41 Å². The molecular formula is C34H37ClN4O3. The molecule has 6 rings (SSSR count). The molecule has 42 heavy (non-hydrogen) atoms. The summed E-state index contributed by atoms with van der Waals surface area (Å²) in [5.41, 5.74) is 3.18. The van der Waals surface area contributed by atoms with Crippen LogP contribution in [0.15, 0.2) is 72.8 Å². The van der Waals surface area contributed by atoms with Crippen molar-refractivity contribution in [3.8, 4) is 5.75 Å². The molecule has 2 aliphatic rings. The number of piperidine rings is 1. The number of hydrogen-bond donors (Lipinski definition) is 1. The second-order valence-corrected chi connectivity index (χ2v) is 11.9. The first-order valence-electron chi connectivity index (χ1n) is 15.0. The predicted molar refractivity (Wildman–Crippen MR) is 165 cm³/mol. The molecule has 1 fully saturated rings. The normalized spacial score (nSPS) is 17.8. The van der Waals surface area contributed by atoms with E-state index in [0.717, 1.165) is 54.3 Å². The van der Waals surface area contributed by atoms with Gasteiger partial charge in [-0.1, -0.05) is 66.6 Å². The number of carbonyl (C=O) groups excluding carboxylic acids is 2. The van der Waals surface area contributed by atoms with Crippen LogP contribution >= 0.6 is 11.6 Å². The van der Waals surface area contributed by atoms with Crippen LogP contribution in [0.2, 0.25) is 5.02 Å². The van der Waals surface area contributed by atoms with Crippen LogP contribution in [-0.2, 0) is 17.8 Å². The summed E-state index contributed by atoms with van der Waals surface area (Å²) in [6, 6.07) is 23.7. The van der Waals surface area contributed by atoms with E-state index in [1.165, 1.54) is 5.56 Å². The summed E-state index contributed by atoms with van der Waals surface area (Å²) in [6.07, 6.45) is 5.76. The summed E-state index contributed by atoms with van der Waals surface area (Å²) >= 11 is 6.10. The summed E-state index contributed by atoms with van der Waals surface area (Å²) in [7, 11) is 0. The number of halogens is 1. The summed E-state index contributed by atoms with van der Waals surface area (Å²) in [5.74, 6) is 1.03. The molecule has 1 aromatic heterocycles. The largest absolute Gasteiger partial charge is 0.493 e. The van der Waals surface area contributed by atoms with Gasteiger partial charge in [-0.3, -0.25) is 14.3 Å². The molecule has 0 aliphatic carbocycles. The minimum Gasteiger partial charge on any atom is -0.493 e. The van der Waals surface area contributed by atoms with Gasteiger partial charge < -0.3 is 15.0 Å². The molecule has 218 valence electrons. The van der Waals surface area contributed by atoms with E-state index in [9.17, 15) is 9.59 Å². The smallest absolute Gasteiger partial charge is 0.272 e. The Labute approximate surface area is 251 Å². The molecule has 1 saturated heterocycles. The van der Waals surface area contributed by atoms with Gasteiger partial charge in [0.25, 0.3) is 5.91 Å². The Balaban J connectivity index is 1.19. The quantitative estimate of drug-likeness (QED) is 0.308. The van der Waals surface area contributed by atoms with Crippen LogP contribution < -0.4 is 10.1 Å². The van der Waals surface area contributed by atoms with Gasteiger partial charge in [0, 0.05) is 30.0 Å². The molecule has 7 nitrogen and oxygen atoms in total. The van der Waals surface area contributed by atoms with E-state index in [1.807, 2.05) is 70.2 Å². The highest BCUT2D eigenvalue weighted by Gasteiger charge is 2.42. The molecule has 0 bridgehead atoms. The Hall–Kier alpha value is -3.84. The SMILES string of the molecule is O=C(c1c2ccccc2nn1Cc1ccc(Cl)cc1)N1CCC2(CCCCc3ccccc3OCCCNC2=O)CC1. The van der Waals surface area contributed by atoms with Crippen molar-refractivity contribution in [2.75, 3.05) is 26.2 Å². The second-order valence-electron chi connectivity index (χ2n) is 11.5. The monoisotopic (exact) mass is 584 g/mol. The Morgan fingerprint density at radius 1 is 0.929 bits per heavy atom. The number of aromatic nitrogens is 2. The lowest BCUT2D eigenvalue weighted by atomic mass is 9.73. The molecule has 1 spiro atoms. The highest BCUT2D eigenvalue weighted by atomic mass is 35.5. The molecule has 0 atom stereocenters. The average molecular weight is 585 g/mol. The third-order valence-corrected chi connectivity index (χ3v) is 9.02. The van der Waals surface area contributed by atoms with Crippen LogP contribution in [-0.4, -0.2) is 52.7 Å². The maximum absolute atomic E-state index is 14.1. The molecule has 1 N–H and O–H groups in total. The van der Waals surface area contributed by atoms with Crippen LogP contribution in [0, 0.1) is 5.41 Å². The Kier molecular flexibility index (Phi) is 8.47. The van der Waals surface area contributed by atoms with Crippen molar-refractivity contribution in [1.29, 1.82) is 0 Å². The van der Waals surface area contributed by atoms with Crippen LogP contribution in [0.5, 0.6) is 5.75 Å². The molecular weight excluding hydrogens is 548 g/mol. The van der Waals surface area contributed by atoms with E-state index >= 15 is 0 Å². The number of likely N-dealkylation sites (tertiary alicyclic amines) is 1. The minimum absolute atomic E-state index is 0.0358. The molecule has 0 unspecified atom stereocenters. The highest BCUT2D eigenvalue weighted by Crippen LogP contribution is 2.38. The Morgan fingerprint density at radius 3 is 2.52 bits per heavy atom. The maximum Gasteiger partial charge on any atom is 0.272 e. The van der Waals surface area contributed by atoms with Crippen molar-refractivity contribution in [2.45, 2.75) is 51.5 Å². The van der Waals surface area contributed by atoms with Gasteiger partial charge in [-0.25, -0.2) is 0 Å². The number of nitrogens with zero attached hydrogens (tertiary/aromatic N) is 3. The summed E-state index contributed by atoms with van der Waals surface area (Å²) in [6.45, 7) is 2.71. The molecule has 8 heteroatoms. The molecule has 4 aromatic rings. The predicted octanol–water partition coefficient (Wildman–Crippen LogP) is 6.27.